The summed E-state index contributed by atoms with van der Waals surface area (Å²) in [6.45, 7) is 5.73. The molecular formula is C23H24N6O2. The third-order valence-corrected chi connectivity index (χ3v) is 5.97. The monoisotopic (exact) mass is 416 g/mol. The van der Waals surface area contributed by atoms with E-state index in [0.29, 0.717) is 11.5 Å². The summed E-state index contributed by atoms with van der Waals surface area (Å²) in [4.78, 5) is 30.5. The predicted molar refractivity (Wildman–Crippen MR) is 119 cm³/mol. The second-order valence-electron chi connectivity index (χ2n) is 7.95. The van der Waals surface area contributed by atoms with E-state index in [4.69, 9.17) is 4.74 Å². The fourth-order valence-corrected chi connectivity index (χ4v) is 4.13. The molecule has 3 aromatic heterocycles. The number of fused-ring (bicyclic) bond motifs is 1. The van der Waals surface area contributed by atoms with E-state index < -0.39 is 0 Å². The molecule has 1 aliphatic rings. The van der Waals surface area contributed by atoms with Gasteiger partial charge in [-0.25, -0.2) is 19.7 Å². The van der Waals surface area contributed by atoms with Gasteiger partial charge in [0.05, 0.1) is 5.52 Å². The highest BCUT2D eigenvalue weighted by Crippen LogP contribution is 2.29. The Bertz CT molecular complexity index is 1290. The van der Waals surface area contributed by atoms with Gasteiger partial charge >= 0.3 is 5.69 Å². The molecule has 0 bridgehead atoms. The van der Waals surface area contributed by atoms with Crippen LogP contribution in [0.4, 0.5) is 5.82 Å². The molecule has 5 rings (SSSR count). The topological polar surface area (TPSA) is 88.9 Å². The summed E-state index contributed by atoms with van der Waals surface area (Å²) in [5, 5.41) is 0. The zero-order chi connectivity index (χ0) is 21.4. The number of hydrogen-bond donors (Lipinski definition) is 1. The number of anilines is 1. The Morgan fingerprint density at radius 3 is 2.68 bits per heavy atom. The summed E-state index contributed by atoms with van der Waals surface area (Å²) in [5.41, 5.74) is 3.80. The van der Waals surface area contributed by atoms with Crippen LogP contribution in [0.25, 0.3) is 11.2 Å². The van der Waals surface area contributed by atoms with Crippen LogP contribution in [-0.4, -0.2) is 37.6 Å². The Hall–Kier alpha value is -3.68. The van der Waals surface area contributed by atoms with Gasteiger partial charge in [0, 0.05) is 31.4 Å². The van der Waals surface area contributed by atoms with E-state index in [1.54, 1.807) is 6.20 Å². The first-order valence-corrected chi connectivity index (χ1v) is 10.5. The largest absolute Gasteiger partial charge is 0.439 e. The number of ether oxygens (including phenoxy) is 1. The van der Waals surface area contributed by atoms with E-state index in [1.165, 1.54) is 17.5 Å². The molecule has 8 nitrogen and oxygen atoms in total. The molecule has 0 radical (unpaired) electrons. The van der Waals surface area contributed by atoms with Crippen molar-refractivity contribution in [1.82, 2.24) is 24.5 Å². The highest BCUT2D eigenvalue weighted by Gasteiger charge is 2.24. The Morgan fingerprint density at radius 2 is 1.87 bits per heavy atom. The van der Waals surface area contributed by atoms with E-state index in [-0.39, 0.29) is 11.7 Å². The van der Waals surface area contributed by atoms with Gasteiger partial charge in [0.2, 0.25) is 5.88 Å². The molecule has 1 saturated heterocycles. The van der Waals surface area contributed by atoms with Gasteiger partial charge in [-0.15, -0.1) is 0 Å². The summed E-state index contributed by atoms with van der Waals surface area (Å²) in [5.74, 6) is 2.12. The van der Waals surface area contributed by atoms with Gasteiger partial charge in [-0.3, -0.25) is 9.55 Å². The van der Waals surface area contributed by atoms with E-state index in [2.05, 4.69) is 38.7 Å². The van der Waals surface area contributed by atoms with Gasteiger partial charge in [-0.2, -0.15) is 0 Å². The maximum Gasteiger partial charge on any atom is 0.327 e. The quantitative estimate of drug-likeness (QED) is 0.545. The van der Waals surface area contributed by atoms with Gasteiger partial charge in [0.15, 0.2) is 5.65 Å². The summed E-state index contributed by atoms with van der Waals surface area (Å²) in [7, 11) is 0. The van der Waals surface area contributed by atoms with E-state index in [9.17, 15) is 4.79 Å². The van der Waals surface area contributed by atoms with Gasteiger partial charge in [0.25, 0.3) is 0 Å². The molecule has 0 saturated carbocycles. The van der Waals surface area contributed by atoms with Crippen LogP contribution in [0.5, 0.6) is 11.6 Å². The number of rotatable bonds is 4. The number of nitrogens with zero attached hydrogens (tertiary/aromatic N) is 5. The number of aryl methyl sites for hydroxylation is 2. The number of pyridine rings is 1. The Kier molecular flexibility index (Phi) is 4.89. The van der Waals surface area contributed by atoms with Crippen molar-refractivity contribution >= 4 is 17.0 Å². The highest BCUT2D eigenvalue weighted by atomic mass is 16.5. The van der Waals surface area contributed by atoms with Gasteiger partial charge in [0.1, 0.15) is 17.9 Å². The fraction of sp³-hybridized carbons (Fsp3) is 0.304. The van der Waals surface area contributed by atoms with Crippen molar-refractivity contribution < 1.29 is 4.74 Å². The van der Waals surface area contributed by atoms with Crippen LogP contribution >= 0.6 is 0 Å². The van der Waals surface area contributed by atoms with Gasteiger partial charge in [-0.1, -0.05) is 6.07 Å². The first-order valence-electron chi connectivity index (χ1n) is 10.5. The highest BCUT2D eigenvalue weighted by molar-refractivity contribution is 5.70. The lowest BCUT2D eigenvalue weighted by Gasteiger charge is -2.33. The van der Waals surface area contributed by atoms with E-state index in [0.717, 1.165) is 43.0 Å². The third-order valence-electron chi connectivity index (χ3n) is 5.97. The number of aromatic amines is 1. The molecule has 1 aromatic carbocycles. The Labute approximate surface area is 179 Å². The van der Waals surface area contributed by atoms with Crippen molar-refractivity contribution in [2.45, 2.75) is 32.7 Å². The molecule has 0 amide bonds. The van der Waals surface area contributed by atoms with Crippen molar-refractivity contribution in [1.29, 1.82) is 0 Å². The number of hydrogen-bond acceptors (Lipinski definition) is 6. The maximum atomic E-state index is 12.5. The molecule has 4 aromatic rings. The molecule has 0 spiro atoms. The lowest BCUT2D eigenvalue weighted by Crippen LogP contribution is -2.37. The van der Waals surface area contributed by atoms with Crippen molar-refractivity contribution in [2.75, 3.05) is 18.0 Å². The number of benzene rings is 1. The standard InChI is InChI=1S/C23H24N6O2/c1-15-5-6-18(12-16(15)2)31-21-13-20(25-14-26-21)28-10-7-17(8-11-28)29-19-4-3-9-24-22(19)27-23(29)30/h3-6,9,12-14,17H,7-8,10-11H2,1-2H3,(H,24,27,30). The second-order valence-corrected chi connectivity index (χ2v) is 7.95. The molecule has 4 heterocycles. The minimum Gasteiger partial charge on any atom is -0.439 e. The molecule has 1 aliphatic heterocycles. The SMILES string of the molecule is Cc1ccc(Oc2cc(N3CCC(n4c(=O)[nH]c5ncccc54)CC3)ncn2)cc1C. The van der Waals surface area contributed by atoms with Crippen LogP contribution in [0.1, 0.15) is 30.0 Å². The Morgan fingerprint density at radius 1 is 1.03 bits per heavy atom. The lowest BCUT2D eigenvalue weighted by atomic mass is 10.0. The zero-order valence-electron chi connectivity index (χ0n) is 17.6. The third kappa shape index (κ3) is 3.76. The first-order chi connectivity index (χ1) is 15.1. The minimum absolute atomic E-state index is 0.0988. The molecule has 1 N–H and O–H groups in total. The van der Waals surface area contributed by atoms with Crippen LogP contribution in [-0.2, 0) is 0 Å². The average Bonchev–Trinajstić information content (AvgIpc) is 3.12. The molecule has 0 aliphatic carbocycles. The molecular weight excluding hydrogens is 392 g/mol. The van der Waals surface area contributed by atoms with Crippen molar-refractivity contribution in [3.8, 4) is 11.6 Å². The first kappa shape index (κ1) is 19.3. The van der Waals surface area contributed by atoms with Crippen molar-refractivity contribution in [3.05, 3.63) is 70.5 Å². The molecule has 8 heteroatoms. The fourth-order valence-electron chi connectivity index (χ4n) is 4.13. The minimum atomic E-state index is -0.0988. The maximum absolute atomic E-state index is 12.5. The molecule has 0 unspecified atom stereocenters. The second kappa shape index (κ2) is 7.86. The number of piperidine rings is 1. The molecule has 0 atom stereocenters. The summed E-state index contributed by atoms with van der Waals surface area (Å²) in [6.07, 6.45) is 4.92. The van der Waals surface area contributed by atoms with Crippen molar-refractivity contribution in [2.24, 2.45) is 0 Å². The molecule has 31 heavy (non-hydrogen) atoms. The van der Waals surface area contributed by atoms with E-state index in [1.807, 2.05) is 41.0 Å². The van der Waals surface area contributed by atoms with E-state index >= 15 is 0 Å². The number of nitrogens with one attached hydrogen (secondary N) is 1. The van der Waals surface area contributed by atoms with Gasteiger partial charge in [-0.05, 0) is 62.1 Å². The summed E-state index contributed by atoms with van der Waals surface area (Å²) < 4.78 is 7.80. The number of aromatic nitrogens is 5. The van der Waals surface area contributed by atoms with Crippen LogP contribution in [0.3, 0.4) is 0 Å². The Balaban J connectivity index is 1.30. The zero-order valence-corrected chi connectivity index (χ0v) is 17.6. The van der Waals surface area contributed by atoms with Crippen LogP contribution in [0, 0.1) is 13.8 Å². The number of H-pyrrole nitrogens is 1. The normalized spacial score (nSPS) is 14.8. The van der Waals surface area contributed by atoms with Crippen LogP contribution in [0.2, 0.25) is 0 Å². The summed E-state index contributed by atoms with van der Waals surface area (Å²) in [6, 6.07) is 11.8. The predicted octanol–water partition coefficient (Wildman–Crippen LogP) is 3.77. The number of imidazole rings is 1. The lowest BCUT2D eigenvalue weighted by molar-refractivity contribution is 0.394. The smallest absolute Gasteiger partial charge is 0.327 e. The molecule has 1 fully saturated rings. The van der Waals surface area contributed by atoms with Crippen LogP contribution < -0.4 is 15.3 Å². The van der Waals surface area contributed by atoms with Gasteiger partial charge < -0.3 is 9.64 Å². The van der Waals surface area contributed by atoms with Crippen LogP contribution in [0.15, 0.2) is 53.7 Å². The van der Waals surface area contributed by atoms with Crippen molar-refractivity contribution in [3.63, 3.8) is 0 Å². The molecule has 158 valence electrons. The average molecular weight is 416 g/mol. The summed E-state index contributed by atoms with van der Waals surface area (Å²) >= 11 is 0.